The maximum Gasteiger partial charge on any atom is 0.179 e. The molecular formula is C44H42O6. The minimum absolute atomic E-state index is 0.0623. The average Bonchev–Trinajstić information content (AvgIpc) is 3.84. The number of ether oxygens (including phenoxy) is 4. The molecule has 3 aromatic carbocycles. The Balaban J connectivity index is 0.998. The number of benzene rings is 3. The maximum atomic E-state index is 12.4. The van der Waals surface area contributed by atoms with Crippen molar-refractivity contribution in [1.82, 2.24) is 0 Å². The molecule has 6 heteroatoms. The molecule has 2 unspecified atom stereocenters. The summed E-state index contributed by atoms with van der Waals surface area (Å²) in [7, 11) is 3.63. The van der Waals surface area contributed by atoms with E-state index < -0.39 is 11.6 Å². The van der Waals surface area contributed by atoms with Gasteiger partial charge < -0.3 is 29.2 Å². The average molecular weight is 667 g/mol. The minimum Gasteiger partial charge on any atom is -0.496 e. The minimum atomic E-state index is -1.26. The zero-order valence-corrected chi connectivity index (χ0v) is 28.3. The molecule has 14 atom stereocenters. The number of hydrogen-bond donors (Lipinski definition) is 2. The Morgan fingerprint density at radius 3 is 1.04 bits per heavy atom. The Labute approximate surface area is 292 Å². The first-order valence-corrected chi connectivity index (χ1v) is 18.3. The third-order valence-electron chi connectivity index (χ3n) is 14.1. The molecule has 2 saturated carbocycles. The van der Waals surface area contributed by atoms with Crippen molar-refractivity contribution in [2.24, 2.45) is 47.3 Å². The SMILES string of the molecule is COc1c2c(c(OC)c3c1[C@@H]1C=C[C@H]3[C@@H]3[C@H]1[C@@H]1C=C[C@H]3C1(O)OCc1ccccc1)[C@@H]1C=C[C@H]2[C@@H]2[C@H]1[C@@H]1C=C[C@H]2C1(O)OCc1ccccc1. The monoisotopic (exact) mass is 666 g/mol. The summed E-state index contributed by atoms with van der Waals surface area (Å²) in [6, 6.07) is 20.3. The van der Waals surface area contributed by atoms with Crippen LogP contribution in [0.1, 0.15) is 57.1 Å². The van der Waals surface area contributed by atoms with Crippen molar-refractivity contribution < 1.29 is 29.2 Å². The zero-order chi connectivity index (χ0) is 33.5. The number of aliphatic hydroxyl groups is 2. The summed E-state index contributed by atoms with van der Waals surface area (Å²) in [4.78, 5) is 0. The van der Waals surface area contributed by atoms with Gasteiger partial charge in [0.15, 0.2) is 11.6 Å². The summed E-state index contributed by atoms with van der Waals surface area (Å²) < 4.78 is 26.2. The molecule has 0 heterocycles. The zero-order valence-electron chi connectivity index (χ0n) is 28.3. The maximum absolute atomic E-state index is 12.4. The van der Waals surface area contributed by atoms with Crippen LogP contribution >= 0.6 is 0 Å². The molecule has 8 bridgehead atoms. The number of rotatable bonds is 8. The molecule has 254 valence electrons. The lowest BCUT2D eigenvalue weighted by Crippen LogP contribution is -2.41. The van der Waals surface area contributed by atoms with Gasteiger partial charge in [0, 0.05) is 69.6 Å². The number of hydrogen-bond acceptors (Lipinski definition) is 6. The molecule has 2 N–H and O–H groups in total. The van der Waals surface area contributed by atoms with Crippen LogP contribution in [0.25, 0.3) is 0 Å². The van der Waals surface area contributed by atoms with Crippen LogP contribution in [0.3, 0.4) is 0 Å². The third kappa shape index (κ3) is 3.53. The van der Waals surface area contributed by atoms with Crippen LogP contribution in [0.5, 0.6) is 11.5 Å². The van der Waals surface area contributed by atoms with Gasteiger partial charge in [0.25, 0.3) is 0 Å². The smallest absolute Gasteiger partial charge is 0.179 e. The fourth-order valence-electron chi connectivity index (χ4n) is 12.5. The summed E-state index contributed by atoms with van der Waals surface area (Å²) in [6.45, 7) is 0.745. The summed E-state index contributed by atoms with van der Waals surface area (Å²) in [5.74, 6) is -0.0558. The topological polar surface area (TPSA) is 77.4 Å². The van der Waals surface area contributed by atoms with Gasteiger partial charge in [-0.1, -0.05) is 109 Å². The number of fused-ring (bicyclic) bond motifs is 4. The molecular weight excluding hydrogens is 624 g/mol. The highest BCUT2D eigenvalue weighted by Crippen LogP contribution is 2.75. The lowest BCUT2D eigenvalue weighted by molar-refractivity contribution is -0.238. The van der Waals surface area contributed by atoms with Gasteiger partial charge in [-0.25, -0.2) is 0 Å². The van der Waals surface area contributed by atoms with Crippen LogP contribution in [0, 0.1) is 47.3 Å². The standard InChI is InChI=1S/C44H42O6/c1-47-41-37-25-13-15-27(35-31-19-17-29(33(25)35)43(31,45)49-21-23-9-5-3-6-10-23)39(37)42(48-2)40-28-16-14-26(38(40)41)34-30-18-20-32(36(28)34)44(30,46)50-22-24-11-7-4-8-12-24/h3-20,25-36,45-46H,21-22H2,1-2H3/t25-,26+,27+,28-,29+,30-,31-,32+,33-,34+,35+,36-,43?,44?. The van der Waals surface area contributed by atoms with Crippen molar-refractivity contribution in [2.45, 2.75) is 48.5 Å². The normalized spacial score (nSPS) is 42.2. The van der Waals surface area contributed by atoms with E-state index in [1.165, 1.54) is 22.3 Å². The molecule has 3 aromatic rings. The fraction of sp³-hybridized carbons (Fsp3) is 0.409. The highest BCUT2D eigenvalue weighted by molar-refractivity contribution is 5.71. The quantitative estimate of drug-likeness (QED) is 0.197. The van der Waals surface area contributed by atoms with Gasteiger partial charge in [-0.05, 0) is 34.8 Å². The highest BCUT2D eigenvalue weighted by Gasteiger charge is 2.71. The van der Waals surface area contributed by atoms with E-state index in [4.69, 9.17) is 18.9 Å². The van der Waals surface area contributed by atoms with Gasteiger partial charge in [0.1, 0.15) is 11.5 Å². The van der Waals surface area contributed by atoms with Crippen LogP contribution in [0.4, 0.5) is 0 Å². The van der Waals surface area contributed by atoms with Gasteiger partial charge in [0.2, 0.25) is 0 Å². The van der Waals surface area contributed by atoms with Crippen molar-refractivity contribution in [2.75, 3.05) is 14.2 Å². The largest absolute Gasteiger partial charge is 0.496 e. The van der Waals surface area contributed by atoms with Crippen LogP contribution in [0.2, 0.25) is 0 Å². The summed E-state index contributed by atoms with van der Waals surface area (Å²) in [5.41, 5.74) is 6.99. The molecule has 50 heavy (non-hydrogen) atoms. The summed E-state index contributed by atoms with van der Waals surface area (Å²) in [6.07, 6.45) is 18.3. The molecule has 0 saturated heterocycles. The Bertz CT molecular complexity index is 1780. The summed E-state index contributed by atoms with van der Waals surface area (Å²) in [5, 5.41) is 24.8. The van der Waals surface area contributed by atoms with Crippen molar-refractivity contribution in [3.63, 3.8) is 0 Å². The molecule has 2 fully saturated rings. The highest BCUT2D eigenvalue weighted by atomic mass is 16.6. The van der Waals surface area contributed by atoms with E-state index in [2.05, 4.69) is 72.9 Å². The first-order valence-electron chi connectivity index (χ1n) is 18.3. The third-order valence-corrected chi connectivity index (χ3v) is 14.1. The second-order valence-corrected chi connectivity index (χ2v) is 15.8. The van der Waals surface area contributed by atoms with E-state index >= 15 is 0 Å². The molecule has 6 nitrogen and oxygen atoms in total. The van der Waals surface area contributed by atoms with E-state index in [1.807, 2.05) is 50.6 Å². The van der Waals surface area contributed by atoms with Gasteiger partial charge in [0.05, 0.1) is 27.4 Å². The van der Waals surface area contributed by atoms with Gasteiger partial charge in [-0.3, -0.25) is 0 Å². The number of allylic oxidation sites excluding steroid dienone is 4. The van der Waals surface area contributed by atoms with Gasteiger partial charge in [-0.2, -0.15) is 0 Å². The van der Waals surface area contributed by atoms with E-state index in [0.29, 0.717) is 13.2 Å². The van der Waals surface area contributed by atoms with Gasteiger partial charge >= 0.3 is 0 Å². The Hall–Kier alpha value is -3.94. The van der Waals surface area contributed by atoms with E-state index in [-0.39, 0.29) is 71.0 Å². The molecule has 10 aliphatic rings. The Morgan fingerprint density at radius 1 is 0.460 bits per heavy atom. The van der Waals surface area contributed by atoms with E-state index in [9.17, 15) is 10.2 Å². The first-order chi connectivity index (χ1) is 24.5. The van der Waals surface area contributed by atoms with Gasteiger partial charge in [-0.15, -0.1) is 0 Å². The van der Waals surface area contributed by atoms with Crippen molar-refractivity contribution in [1.29, 1.82) is 0 Å². The first kappa shape index (κ1) is 29.8. The molecule has 10 aliphatic carbocycles. The molecule has 0 aromatic heterocycles. The van der Waals surface area contributed by atoms with Crippen molar-refractivity contribution >= 4 is 0 Å². The van der Waals surface area contributed by atoms with E-state index in [1.54, 1.807) is 0 Å². The van der Waals surface area contributed by atoms with Crippen LogP contribution in [-0.2, 0) is 22.7 Å². The lowest BCUT2D eigenvalue weighted by atomic mass is 9.52. The van der Waals surface area contributed by atoms with Crippen LogP contribution in [-0.4, -0.2) is 36.0 Å². The predicted molar refractivity (Wildman–Crippen MR) is 187 cm³/mol. The second-order valence-electron chi connectivity index (χ2n) is 15.8. The Morgan fingerprint density at radius 2 is 0.760 bits per heavy atom. The number of methoxy groups -OCH3 is 2. The molecule has 0 amide bonds. The molecule has 0 aliphatic heterocycles. The van der Waals surface area contributed by atoms with Crippen molar-refractivity contribution in [3.05, 3.63) is 143 Å². The summed E-state index contributed by atoms with van der Waals surface area (Å²) >= 11 is 0. The fourth-order valence-corrected chi connectivity index (χ4v) is 12.5. The van der Waals surface area contributed by atoms with Crippen LogP contribution < -0.4 is 9.47 Å². The second kappa shape index (κ2) is 10.3. The molecule has 0 spiro atoms. The van der Waals surface area contributed by atoms with E-state index in [0.717, 1.165) is 22.6 Å². The lowest BCUT2D eigenvalue weighted by Gasteiger charge is -2.52. The molecule has 13 rings (SSSR count). The predicted octanol–water partition coefficient (Wildman–Crippen LogP) is 7.11. The van der Waals surface area contributed by atoms with Crippen molar-refractivity contribution in [3.8, 4) is 11.5 Å². The molecule has 0 radical (unpaired) electrons. The van der Waals surface area contributed by atoms with Crippen LogP contribution in [0.15, 0.2) is 109 Å². The Kier molecular flexibility index (Phi) is 6.14.